The zero-order valence-corrected chi connectivity index (χ0v) is 19.0. The van der Waals surface area contributed by atoms with Crippen LogP contribution in [0.2, 0.25) is 5.02 Å². The van der Waals surface area contributed by atoms with E-state index in [9.17, 15) is 9.59 Å². The largest absolute Gasteiger partial charge is 0.492 e. The molecule has 1 aromatic heterocycles. The van der Waals surface area contributed by atoms with Crippen molar-refractivity contribution in [3.05, 3.63) is 63.4 Å². The molecule has 0 unspecified atom stereocenters. The van der Waals surface area contributed by atoms with Gasteiger partial charge in [-0.2, -0.15) is 0 Å². The van der Waals surface area contributed by atoms with Gasteiger partial charge in [-0.3, -0.25) is 14.2 Å². The summed E-state index contributed by atoms with van der Waals surface area (Å²) in [5.74, 6) is 0.719. The molecule has 3 aromatic rings. The predicted molar refractivity (Wildman–Crippen MR) is 123 cm³/mol. The molecule has 0 aliphatic carbocycles. The topological polar surface area (TPSA) is 82.4 Å². The highest BCUT2D eigenvalue weighted by atomic mass is 35.5. The van der Waals surface area contributed by atoms with E-state index in [0.717, 1.165) is 11.3 Å². The highest BCUT2D eigenvalue weighted by molar-refractivity contribution is 7.99. The highest BCUT2D eigenvalue weighted by Gasteiger charge is 2.13. The van der Waals surface area contributed by atoms with Gasteiger partial charge in [0.25, 0.3) is 5.56 Å². The molecule has 0 fully saturated rings. The molecule has 0 spiro atoms. The number of aromatic nitrogens is 2. The van der Waals surface area contributed by atoms with Crippen molar-refractivity contribution in [2.75, 3.05) is 32.6 Å². The molecule has 0 saturated heterocycles. The number of nitrogens with one attached hydrogen (secondary N) is 1. The van der Waals surface area contributed by atoms with Gasteiger partial charge in [-0.1, -0.05) is 35.5 Å². The van der Waals surface area contributed by atoms with Crippen molar-refractivity contribution in [1.29, 1.82) is 0 Å². The van der Waals surface area contributed by atoms with Crippen LogP contribution in [0, 0.1) is 6.92 Å². The molecule has 1 heterocycles. The number of rotatable bonds is 10. The van der Waals surface area contributed by atoms with Crippen molar-refractivity contribution in [3.8, 4) is 5.75 Å². The molecule has 0 aliphatic heterocycles. The van der Waals surface area contributed by atoms with Crippen LogP contribution in [0.5, 0.6) is 5.75 Å². The third-order valence-corrected chi connectivity index (χ3v) is 5.63. The van der Waals surface area contributed by atoms with Gasteiger partial charge in [-0.25, -0.2) is 4.98 Å². The molecule has 1 N–H and O–H groups in total. The van der Waals surface area contributed by atoms with Gasteiger partial charge < -0.3 is 14.8 Å². The number of nitrogens with zero attached hydrogens (tertiary/aromatic N) is 2. The summed E-state index contributed by atoms with van der Waals surface area (Å²) in [5, 5.41) is 4.23. The van der Waals surface area contributed by atoms with E-state index < -0.39 is 0 Å². The van der Waals surface area contributed by atoms with Crippen LogP contribution in [-0.4, -0.2) is 48.1 Å². The fourth-order valence-corrected chi connectivity index (χ4v) is 3.93. The molecule has 0 aliphatic rings. The molecule has 0 saturated carbocycles. The van der Waals surface area contributed by atoms with Gasteiger partial charge in [0.2, 0.25) is 5.91 Å². The number of ether oxygens (including phenoxy) is 2. The second-order valence-corrected chi connectivity index (χ2v) is 8.19. The van der Waals surface area contributed by atoms with E-state index in [0.29, 0.717) is 47.4 Å². The molecule has 0 radical (unpaired) electrons. The quantitative estimate of drug-likeness (QED) is 0.283. The van der Waals surface area contributed by atoms with E-state index in [-0.39, 0.29) is 17.2 Å². The molecule has 0 atom stereocenters. The van der Waals surface area contributed by atoms with Gasteiger partial charge in [0.05, 0.1) is 36.4 Å². The van der Waals surface area contributed by atoms with Crippen molar-refractivity contribution in [2.45, 2.75) is 18.6 Å². The number of hydrogen-bond donors (Lipinski definition) is 1. The first kappa shape index (κ1) is 23.1. The Labute approximate surface area is 189 Å². The van der Waals surface area contributed by atoms with E-state index in [1.807, 2.05) is 31.2 Å². The number of benzene rings is 2. The first-order chi connectivity index (χ1) is 15.0. The van der Waals surface area contributed by atoms with Crippen LogP contribution >= 0.6 is 23.4 Å². The second kappa shape index (κ2) is 11.2. The minimum atomic E-state index is -0.187. The molecular weight excluding hydrogens is 438 g/mol. The lowest BCUT2D eigenvalue weighted by Crippen LogP contribution is -2.30. The number of amides is 1. The molecule has 1 amide bonds. The number of thioether (sulfide) groups is 1. The maximum atomic E-state index is 12.9. The fourth-order valence-electron chi connectivity index (χ4n) is 2.91. The van der Waals surface area contributed by atoms with E-state index >= 15 is 0 Å². The molecule has 3 rings (SSSR count). The van der Waals surface area contributed by atoms with Gasteiger partial charge in [-0.05, 0) is 42.8 Å². The van der Waals surface area contributed by atoms with E-state index in [4.69, 9.17) is 21.1 Å². The number of carbonyl (C=O) groups is 1. The smallest absolute Gasteiger partial charge is 0.262 e. The molecule has 0 bridgehead atoms. The number of fused-ring (bicyclic) bond motifs is 1. The Kier molecular flexibility index (Phi) is 8.34. The van der Waals surface area contributed by atoms with Crippen LogP contribution in [0.4, 0.5) is 0 Å². The first-order valence-electron chi connectivity index (χ1n) is 9.76. The molecule has 31 heavy (non-hydrogen) atoms. The van der Waals surface area contributed by atoms with E-state index in [1.165, 1.54) is 16.3 Å². The van der Waals surface area contributed by atoms with Gasteiger partial charge >= 0.3 is 0 Å². The van der Waals surface area contributed by atoms with Gasteiger partial charge in [0, 0.05) is 12.1 Å². The van der Waals surface area contributed by atoms with Crippen molar-refractivity contribution in [2.24, 2.45) is 0 Å². The second-order valence-electron chi connectivity index (χ2n) is 6.81. The maximum Gasteiger partial charge on any atom is 0.262 e. The summed E-state index contributed by atoms with van der Waals surface area (Å²) in [7, 11) is 1.57. The first-order valence-corrected chi connectivity index (χ1v) is 11.1. The Balaban J connectivity index is 1.60. The summed E-state index contributed by atoms with van der Waals surface area (Å²) in [6, 6.07) is 12.7. The number of halogens is 1. The molecular formula is C22H24ClN3O4S. The van der Waals surface area contributed by atoms with Crippen molar-refractivity contribution < 1.29 is 14.3 Å². The zero-order valence-electron chi connectivity index (χ0n) is 17.4. The average Bonchev–Trinajstić information content (AvgIpc) is 2.74. The van der Waals surface area contributed by atoms with E-state index in [1.54, 1.807) is 25.3 Å². The van der Waals surface area contributed by atoms with Crippen LogP contribution in [0.15, 0.2) is 52.4 Å². The Bertz CT molecular complexity index is 1120. The Morgan fingerprint density at radius 3 is 2.84 bits per heavy atom. The molecule has 2 aromatic carbocycles. The number of carbonyl (C=O) groups excluding carboxylic acids is 1. The minimum absolute atomic E-state index is 0.121. The summed E-state index contributed by atoms with van der Waals surface area (Å²) in [6.45, 7) is 3.44. The summed E-state index contributed by atoms with van der Waals surface area (Å²) < 4.78 is 12.3. The van der Waals surface area contributed by atoms with Gasteiger partial charge in [0.15, 0.2) is 5.16 Å². The summed E-state index contributed by atoms with van der Waals surface area (Å²) in [4.78, 5) is 29.7. The van der Waals surface area contributed by atoms with Crippen LogP contribution in [-0.2, 0) is 16.1 Å². The Morgan fingerprint density at radius 1 is 1.23 bits per heavy atom. The van der Waals surface area contributed by atoms with Crippen molar-refractivity contribution in [3.63, 3.8) is 0 Å². The predicted octanol–water partition coefficient (Wildman–Crippen LogP) is 3.29. The summed E-state index contributed by atoms with van der Waals surface area (Å²) >= 11 is 7.24. The number of aryl methyl sites for hydroxylation is 1. The standard InChI is InChI=1S/C22H24ClN3O4S/c1-15-4-3-5-17(12-15)30-10-8-24-20(27)14-31-22-25-19-13-16(23)6-7-18(19)21(28)26(22)9-11-29-2/h3-7,12-13H,8-11,14H2,1-2H3,(H,24,27). The van der Waals surface area contributed by atoms with Crippen LogP contribution in [0.3, 0.4) is 0 Å². The van der Waals surface area contributed by atoms with Crippen molar-refractivity contribution in [1.82, 2.24) is 14.9 Å². The van der Waals surface area contributed by atoms with E-state index in [2.05, 4.69) is 10.3 Å². The molecule has 9 heteroatoms. The molecule has 164 valence electrons. The SMILES string of the molecule is COCCn1c(SCC(=O)NCCOc2cccc(C)c2)nc2cc(Cl)ccc2c1=O. The van der Waals surface area contributed by atoms with Crippen LogP contribution < -0.4 is 15.6 Å². The summed E-state index contributed by atoms with van der Waals surface area (Å²) in [6.07, 6.45) is 0. The number of hydrogen-bond acceptors (Lipinski definition) is 6. The third kappa shape index (κ3) is 6.46. The van der Waals surface area contributed by atoms with Gasteiger partial charge in [0.1, 0.15) is 12.4 Å². The normalized spacial score (nSPS) is 10.9. The van der Waals surface area contributed by atoms with Crippen molar-refractivity contribution >= 4 is 40.2 Å². The van der Waals surface area contributed by atoms with Crippen LogP contribution in [0.25, 0.3) is 10.9 Å². The average molecular weight is 462 g/mol. The lowest BCUT2D eigenvalue weighted by atomic mass is 10.2. The third-order valence-electron chi connectivity index (χ3n) is 4.42. The Morgan fingerprint density at radius 2 is 2.06 bits per heavy atom. The minimum Gasteiger partial charge on any atom is -0.492 e. The lowest BCUT2D eigenvalue weighted by molar-refractivity contribution is -0.118. The lowest BCUT2D eigenvalue weighted by Gasteiger charge is -2.13. The monoisotopic (exact) mass is 461 g/mol. The highest BCUT2D eigenvalue weighted by Crippen LogP contribution is 2.20. The zero-order chi connectivity index (χ0) is 22.2. The van der Waals surface area contributed by atoms with Crippen LogP contribution in [0.1, 0.15) is 5.56 Å². The molecule has 7 nitrogen and oxygen atoms in total. The van der Waals surface area contributed by atoms with Gasteiger partial charge in [-0.15, -0.1) is 0 Å². The fraction of sp³-hybridized carbons (Fsp3) is 0.318. The number of methoxy groups -OCH3 is 1. The summed E-state index contributed by atoms with van der Waals surface area (Å²) in [5.41, 5.74) is 1.43. The Hall–Kier alpha value is -2.55. The maximum absolute atomic E-state index is 12.9.